The normalized spacial score (nSPS) is 21.7. The minimum atomic E-state index is 0.0364. The highest BCUT2D eigenvalue weighted by molar-refractivity contribution is 7.44. The Morgan fingerprint density at radius 2 is 1.32 bits per heavy atom. The van der Waals surface area contributed by atoms with Crippen molar-refractivity contribution in [2.45, 2.75) is 76.0 Å². The number of allylic oxidation sites excluding steroid dienone is 9. The van der Waals surface area contributed by atoms with Crippen LogP contribution in [-0.2, 0) is 5.41 Å². The molecule has 0 bridgehead atoms. The van der Waals surface area contributed by atoms with Gasteiger partial charge in [0.2, 0.25) is 0 Å². The van der Waals surface area contributed by atoms with Crippen molar-refractivity contribution in [1.29, 1.82) is 10.5 Å². The zero-order valence-corrected chi connectivity index (χ0v) is 27.3. The number of hydrogen-bond acceptors (Lipinski definition) is 6. The quantitative estimate of drug-likeness (QED) is 0.161. The van der Waals surface area contributed by atoms with Gasteiger partial charge in [0.15, 0.2) is 0 Å². The summed E-state index contributed by atoms with van der Waals surface area (Å²) in [5.74, 6) is 0. The molecule has 0 amide bonds. The first-order chi connectivity index (χ1) is 21.6. The fraction of sp³-hybridized carbons (Fsp3) is 0.333. The highest BCUT2D eigenvalue weighted by Crippen LogP contribution is 2.62. The molecule has 1 fully saturated rings. The Hall–Kier alpha value is -3.76. The number of nitrogens with zero attached hydrogens (tertiary/aromatic N) is 4. The number of fused-ring (bicyclic) bond motifs is 8. The summed E-state index contributed by atoms with van der Waals surface area (Å²) in [5, 5.41) is 19.0. The van der Waals surface area contributed by atoms with E-state index >= 15 is 0 Å². The van der Waals surface area contributed by atoms with E-state index in [0.29, 0.717) is 0 Å². The average molecular weight is 643 g/mol. The molecule has 0 atom stereocenters. The van der Waals surface area contributed by atoms with E-state index in [1.54, 1.807) is 5.56 Å². The van der Waals surface area contributed by atoms with Gasteiger partial charge in [-0.25, -0.2) is 20.2 Å². The number of nitriles is 2. The number of rotatable bonds is 2. The van der Waals surface area contributed by atoms with E-state index < -0.39 is 0 Å². The molecule has 0 aliphatic heterocycles. The van der Waals surface area contributed by atoms with Gasteiger partial charge in [-0.05, 0) is 96.9 Å². The molecule has 4 nitrogen and oxygen atoms in total. The van der Waals surface area contributed by atoms with Crippen LogP contribution in [0.25, 0.3) is 49.5 Å². The maximum Gasteiger partial charge on any atom is 0.265 e. The van der Waals surface area contributed by atoms with Gasteiger partial charge in [-0.1, -0.05) is 31.4 Å². The minimum Gasteiger partial charge on any atom is -0.226 e. The van der Waals surface area contributed by atoms with E-state index in [9.17, 15) is 10.5 Å². The largest absolute Gasteiger partial charge is 0.265 e. The van der Waals surface area contributed by atoms with Crippen molar-refractivity contribution < 1.29 is 0 Å². The van der Waals surface area contributed by atoms with E-state index in [1.165, 1.54) is 86.8 Å². The Balaban J connectivity index is 1.25. The zero-order valence-electron chi connectivity index (χ0n) is 24.0. The number of hydrogen-bond donors (Lipinski definition) is 0. The van der Waals surface area contributed by atoms with Gasteiger partial charge in [0.25, 0.3) is 11.4 Å². The van der Waals surface area contributed by atoms with Gasteiger partial charge in [0.05, 0.1) is 48.8 Å². The standard InChI is InChI=1S/C36H26N4S4/c1-39-25(18-37)21-9-6-8-20(14-21)24-16-28-30(36(24)12-4-3-5-13-36)32-34(42-28)35-33(44-32)31-29(43-35)17-27(41-31)23-11-7-10-22(15-23)26(19-38)40-2/h14-17H,3-13H2/b25-21+,26-22-. The molecule has 0 N–H and O–H groups in total. The van der Waals surface area contributed by atoms with Gasteiger partial charge in [0.1, 0.15) is 0 Å². The van der Waals surface area contributed by atoms with Crippen molar-refractivity contribution in [2.24, 2.45) is 0 Å². The lowest BCUT2D eigenvalue weighted by molar-refractivity contribution is 0.349. The molecule has 8 heteroatoms. The molecule has 0 saturated heterocycles. The smallest absolute Gasteiger partial charge is 0.226 e. The summed E-state index contributed by atoms with van der Waals surface area (Å²) in [6, 6.07) is 6.56. The summed E-state index contributed by atoms with van der Waals surface area (Å²) >= 11 is 7.75. The van der Waals surface area contributed by atoms with Gasteiger partial charge in [0, 0.05) is 19.9 Å². The van der Waals surface area contributed by atoms with E-state index in [1.807, 2.05) is 45.3 Å². The molecule has 4 aromatic rings. The third kappa shape index (κ3) is 4.06. The first kappa shape index (κ1) is 27.8. The third-order valence-electron chi connectivity index (χ3n) is 9.79. The van der Waals surface area contributed by atoms with Crippen LogP contribution in [0.15, 0.2) is 51.9 Å². The fourth-order valence-corrected chi connectivity index (χ4v) is 13.9. The monoisotopic (exact) mass is 642 g/mol. The van der Waals surface area contributed by atoms with Crippen molar-refractivity contribution in [3.63, 3.8) is 0 Å². The number of thiophene rings is 4. The molecule has 0 radical (unpaired) electrons. The highest BCUT2D eigenvalue weighted by Gasteiger charge is 2.46. The van der Waals surface area contributed by atoms with Crippen LogP contribution in [0.3, 0.4) is 0 Å². The van der Waals surface area contributed by atoms with E-state index in [0.717, 1.165) is 49.7 Å². The lowest BCUT2D eigenvalue weighted by Gasteiger charge is -2.39. The molecule has 4 heterocycles. The van der Waals surface area contributed by atoms with Crippen molar-refractivity contribution in [3.8, 4) is 12.1 Å². The molecule has 44 heavy (non-hydrogen) atoms. The average Bonchev–Trinajstić information content (AvgIpc) is 3.84. The van der Waals surface area contributed by atoms with Crippen molar-refractivity contribution in [1.82, 2.24) is 0 Å². The third-order valence-corrected chi connectivity index (χ3v) is 15.2. The van der Waals surface area contributed by atoms with Gasteiger partial charge < -0.3 is 0 Å². The molecule has 8 rings (SSSR count). The second kappa shape index (κ2) is 10.7. The Labute approximate surface area is 272 Å². The van der Waals surface area contributed by atoms with Crippen LogP contribution >= 0.6 is 45.3 Å². The van der Waals surface area contributed by atoms with E-state index in [4.69, 9.17) is 13.1 Å². The summed E-state index contributed by atoms with van der Waals surface area (Å²) in [6.07, 6.45) is 18.5. The molecule has 4 aliphatic rings. The summed E-state index contributed by atoms with van der Waals surface area (Å²) < 4.78 is 8.47. The summed E-state index contributed by atoms with van der Waals surface area (Å²) in [6.45, 7) is 14.9. The molecule has 0 unspecified atom stereocenters. The molecule has 4 aliphatic carbocycles. The van der Waals surface area contributed by atoms with Crippen LogP contribution in [-0.4, -0.2) is 0 Å². The molecular weight excluding hydrogens is 617 g/mol. The van der Waals surface area contributed by atoms with Crippen LogP contribution in [0, 0.1) is 35.8 Å². The van der Waals surface area contributed by atoms with E-state index in [-0.39, 0.29) is 16.8 Å². The summed E-state index contributed by atoms with van der Waals surface area (Å²) in [7, 11) is 0. The molecule has 1 spiro atoms. The van der Waals surface area contributed by atoms with Crippen LogP contribution in [0.1, 0.15) is 85.9 Å². The second-order valence-electron chi connectivity index (χ2n) is 12.1. The van der Waals surface area contributed by atoms with Gasteiger partial charge in [-0.15, -0.1) is 45.3 Å². The van der Waals surface area contributed by atoms with E-state index in [2.05, 4.69) is 46.1 Å². The lowest BCUT2D eigenvalue weighted by Crippen LogP contribution is -2.30. The van der Waals surface area contributed by atoms with Crippen molar-refractivity contribution >= 4 is 85.2 Å². The summed E-state index contributed by atoms with van der Waals surface area (Å²) in [4.78, 5) is 9.70. The lowest BCUT2D eigenvalue weighted by atomic mass is 9.65. The fourth-order valence-electron chi connectivity index (χ4n) is 7.85. The summed E-state index contributed by atoms with van der Waals surface area (Å²) in [5.41, 5.74) is 7.93. The minimum absolute atomic E-state index is 0.0364. The van der Waals surface area contributed by atoms with Gasteiger partial charge in [-0.2, -0.15) is 0 Å². The van der Waals surface area contributed by atoms with Crippen LogP contribution < -0.4 is 0 Å². The second-order valence-corrected chi connectivity index (χ2v) is 16.3. The first-order valence-corrected chi connectivity index (χ1v) is 18.4. The maximum atomic E-state index is 9.57. The predicted molar refractivity (Wildman–Crippen MR) is 185 cm³/mol. The van der Waals surface area contributed by atoms with Crippen LogP contribution in [0.4, 0.5) is 0 Å². The molecular formula is C36H26N4S4. The Morgan fingerprint density at radius 1 is 0.682 bits per heavy atom. The Bertz CT molecular complexity index is 2220. The highest BCUT2D eigenvalue weighted by atomic mass is 32.1. The SMILES string of the molecule is [C-]#[N+]/C(C#N)=C1\C=C(c2cc3sc4c5sc6c(c5sc4c3s2)C2(CCCCC2)C(C2=C/C(=C(\C#N)[N+]#[C-])CCC2)=C6)CCC1. The molecule has 1 saturated carbocycles. The Kier molecular flexibility index (Phi) is 6.75. The maximum absolute atomic E-state index is 9.57. The molecule has 214 valence electrons. The van der Waals surface area contributed by atoms with Gasteiger partial charge in [-0.3, -0.25) is 0 Å². The topological polar surface area (TPSA) is 56.3 Å². The van der Waals surface area contributed by atoms with Gasteiger partial charge >= 0.3 is 0 Å². The van der Waals surface area contributed by atoms with Crippen LogP contribution in [0.2, 0.25) is 0 Å². The molecule has 4 aromatic heterocycles. The van der Waals surface area contributed by atoms with Crippen molar-refractivity contribution in [2.75, 3.05) is 0 Å². The zero-order chi connectivity index (χ0) is 30.0. The first-order valence-electron chi connectivity index (χ1n) is 15.2. The van der Waals surface area contributed by atoms with Crippen molar-refractivity contribution in [3.05, 3.63) is 90.1 Å². The molecule has 0 aromatic carbocycles. The Morgan fingerprint density at radius 3 is 2.00 bits per heavy atom. The predicted octanol–water partition coefficient (Wildman–Crippen LogP) is 12.1. The van der Waals surface area contributed by atoms with Crippen LogP contribution in [0.5, 0.6) is 0 Å².